The van der Waals surface area contributed by atoms with E-state index >= 15 is 0 Å². The van der Waals surface area contributed by atoms with E-state index in [0.29, 0.717) is 29.4 Å². The molecule has 2 aliphatic rings. The molecule has 5 heterocycles. The maximum Gasteiger partial charge on any atom is 0.297 e. The predicted molar refractivity (Wildman–Crippen MR) is 171 cm³/mol. The van der Waals surface area contributed by atoms with Crippen LogP contribution in [0, 0.1) is 11.8 Å². The topological polar surface area (TPSA) is 171 Å². The third-order valence-corrected chi connectivity index (χ3v) is 8.55. The molecule has 4 N–H and O–H groups in total. The summed E-state index contributed by atoms with van der Waals surface area (Å²) in [5.74, 6) is 5.64. The van der Waals surface area contributed by atoms with Crippen molar-refractivity contribution in [3.05, 3.63) is 104 Å². The lowest BCUT2D eigenvalue weighted by atomic mass is 9.98. The molecule has 1 aliphatic heterocycles. The van der Waals surface area contributed by atoms with E-state index in [0.717, 1.165) is 41.4 Å². The normalized spacial score (nSPS) is 14.5. The molecule has 46 heavy (non-hydrogen) atoms. The van der Waals surface area contributed by atoms with Crippen LogP contribution < -0.4 is 31.2 Å². The van der Waals surface area contributed by atoms with Crippen LogP contribution in [0.15, 0.2) is 65.8 Å². The minimum atomic E-state index is -4.25. The molecule has 14 heteroatoms. The summed E-state index contributed by atoms with van der Waals surface area (Å²) in [5.41, 5.74) is 3.66. The number of amides is 1. The Labute approximate surface area is 263 Å². The fraction of sp³-hybridized carbons (Fsp3) is 0.219. The van der Waals surface area contributed by atoms with Gasteiger partial charge in [-0.2, -0.15) is 13.5 Å². The summed E-state index contributed by atoms with van der Waals surface area (Å²) < 4.78 is 30.7. The van der Waals surface area contributed by atoms with Gasteiger partial charge >= 0.3 is 0 Å². The van der Waals surface area contributed by atoms with Crippen LogP contribution in [-0.2, 0) is 23.2 Å². The lowest BCUT2D eigenvalue weighted by molar-refractivity contribution is 0.0941. The molecule has 0 unspecified atom stereocenters. The van der Waals surface area contributed by atoms with Crippen molar-refractivity contribution in [2.24, 2.45) is 5.14 Å². The number of nitrogens with two attached hydrogens (primary N) is 1. The first-order valence-electron chi connectivity index (χ1n) is 14.7. The molecule has 4 aromatic heterocycles. The van der Waals surface area contributed by atoms with Crippen molar-refractivity contribution >= 4 is 39.2 Å². The van der Waals surface area contributed by atoms with Gasteiger partial charge in [-0.15, -0.1) is 5.10 Å². The van der Waals surface area contributed by atoms with Gasteiger partial charge in [-0.1, -0.05) is 36.1 Å². The number of pyridine rings is 1. The second-order valence-electron chi connectivity index (χ2n) is 11.1. The van der Waals surface area contributed by atoms with Crippen molar-refractivity contribution in [1.82, 2.24) is 34.3 Å². The van der Waals surface area contributed by atoms with Crippen LogP contribution in [0.5, 0.6) is 0 Å². The first kappa shape index (κ1) is 29.2. The Kier molecular flexibility index (Phi) is 7.26. The first-order valence-corrected chi connectivity index (χ1v) is 16.3. The predicted octanol–water partition coefficient (Wildman–Crippen LogP) is 0.906. The molecule has 5 aromatic rings. The summed E-state index contributed by atoms with van der Waals surface area (Å²) in [4.78, 5) is 32.4. The highest BCUT2D eigenvalue weighted by molar-refractivity contribution is 7.90. The van der Waals surface area contributed by atoms with E-state index < -0.39 is 22.2 Å². The summed E-state index contributed by atoms with van der Waals surface area (Å²) >= 11 is 0. The van der Waals surface area contributed by atoms with Crippen molar-refractivity contribution in [3.63, 3.8) is 0 Å². The number of aromatic nitrogens is 6. The third kappa shape index (κ3) is 5.35. The van der Waals surface area contributed by atoms with Gasteiger partial charge in [-0.25, -0.2) is 14.6 Å². The third-order valence-electron chi connectivity index (χ3n) is 8.07. The van der Waals surface area contributed by atoms with Crippen LogP contribution in [0.3, 0.4) is 0 Å². The van der Waals surface area contributed by atoms with Gasteiger partial charge in [-0.05, 0) is 62.1 Å². The lowest BCUT2D eigenvalue weighted by Gasteiger charge is -2.21. The highest BCUT2D eigenvalue weighted by atomic mass is 32.2. The molecule has 1 aromatic carbocycles. The average molecular weight is 636 g/mol. The number of hydrogen-bond donors (Lipinski definition) is 3. The van der Waals surface area contributed by atoms with Gasteiger partial charge in [-0.3, -0.25) is 23.6 Å². The average Bonchev–Trinajstić information content (AvgIpc) is 3.74. The quantitative estimate of drug-likeness (QED) is 0.233. The Morgan fingerprint density at radius 2 is 1.96 bits per heavy atom. The van der Waals surface area contributed by atoms with Crippen LogP contribution in [0.4, 0.5) is 5.82 Å². The van der Waals surface area contributed by atoms with Gasteiger partial charge in [0.05, 0.1) is 28.7 Å². The minimum absolute atomic E-state index is 0.114. The minimum Gasteiger partial charge on any atom is -0.344 e. The van der Waals surface area contributed by atoms with Gasteiger partial charge in [0.25, 0.3) is 21.7 Å². The van der Waals surface area contributed by atoms with Crippen LogP contribution in [0.2, 0.25) is 0 Å². The number of carbonyl (C=O) groups excluding carboxylic acids is 1. The number of anilines is 1. The van der Waals surface area contributed by atoms with E-state index in [-0.39, 0.29) is 22.6 Å². The molecule has 1 atom stereocenters. The zero-order valence-corrected chi connectivity index (χ0v) is 25.6. The van der Waals surface area contributed by atoms with Crippen molar-refractivity contribution in [2.45, 2.75) is 45.2 Å². The Hall–Kier alpha value is -5.52. The Morgan fingerprint density at radius 3 is 2.76 bits per heavy atom. The number of hydrogen-bond acceptors (Lipinski definition) is 7. The second kappa shape index (κ2) is 11.4. The molecule has 1 amide bonds. The van der Waals surface area contributed by atoms with Crippen LogP contribution in [0.25, 0.3) is 23.0 Å². The van der Waals surface area contributed by atoms with E-state index in [9.17, 15) is 18.0 Å². The van der Waals surface area contributed by atoms with Crippen molar-refractivity contribution in [2.75, 3.05) is 4.72 Å². The number of carbonyl (C=O) groups is 1. The molecular formula is C32H29N9O4S. The molecule has 232 valence electrons. The smallest absolute Gasteiger partial charge is 0.297 e. The van der Waals surface area contributed by atoms with Crippen molar-refractivity contribution in [3.8, 4) is 17.5 Å². The highest BCUT2D eigenvalue weighted by Gasteiger charge is 2.26. The first-order chi connectivity index (χ1) is 22.2. The van der Waals surface area contributed by atoms with Crippen LogP contribution in [-0.4, -0.2) is 43.3 Å². The van der Waals surface area contributed by atoms with Gasteiger partial charge in [0.15, 0.2) is 11.5 Å². The standard InChI is InChI=1S/C32H29N9O4S/c1-20(36-31(42)28-29(38-46(33,44)45)37-40-17-7-15-34-30(28)40)26-18-22-9-5-8-21(13-14-23-19-35-39-16-6-12-25(23)39)27(22)32(43)41(26)24-10-3-2-4-11-24/h2-4,7,9-11,15,17-20H,5-6,8,12,16H2,1H3,(H,36,42)(H,37,38)(H2,33,44,45)/t20-/m0/s1. The largest absolute Gasteiger partial charge is 0.344 e. The molecule has 1 aliphatic carbocycles. The van der Waals surface area contributed by atoms with E-state index in [1.807, 2.05) is 47.2 Å². The summed E-state index contributed by atoms with van der Waals surface area (Å²) in [7, 11) is -4.25. The molecule has 7 rings (SSSR count). The fourth-order valence-corrected chi connectivity index (χ4v) is 6.46. The number of fused-ring (bicyclic) bond motifs is 3. The van der Waals surface area contributed by atoms with Gasteiger partial charge in [0.1, 0.15) is 5.56 Å². The monoisotopic (exact) mass is 635 g/mol. The molecule has 0 spiro atoms. The number of aryl methyl sites for hydroxylation is 1. The maximum absolute atomic E-state index is 14.4. The number of benzene rings is 1. The zero-order chi connectivity index (χ0) is 32.0. The number of para-hydroxylation sites is 1. The summed E-state index contributed by atoms with van der Waals surface area (Å²) in [6.07, 6.45) is 10.1. The van der Waals surface area contributed by atoms with E-state index in [2.05, 4.69) is 37.1 Å². The molecule has 0 fully saturated rings. The summed E-state index contributed by atoms with van der Waals surface area (Å²) in [6.45, 7) is 2.64. The zero-order valence-electron chi connectivity index (χ0n) is 24.8. The Bertz CT molecular complexity index is 2400. The molecule has 0 bridgehead atoms. The van der Waals surface area contributed by atoms with Gasteiger partial charge in [0.2, 0.25) is 0 Å². The number of nitrogens with zero attached hydrogens (tertiary/aromatic N) is 6. The van der Waals surface area contributed by atoms with E-state index in [4.69, 9.17) is 5.14 Å². The molecule has 0 saturated heterocycles. The lowest BCUT2D eigenvalue weighted by Crippen LogP contribution is -2.49. The van der Waals surface area contributed by atoms with E-state index in [1.54, 1.807) is 23.8 Å². The maximum atomic E-state index is 14.4. The number of nitrogens with one attached hydrogen (secondary N) is 2. The molecule has 13 nitrogen and oxygen atoms in total. The second-order valence-corrected chi connectivity index (χ2v) is 12.4. The SMILES string of the molecule is C[C@H](NC(=O)c1c(NS(N)(=O)=O)nn2cccnc12)c1cc2c(c(=O)n1-c1ccccc1)=C(C#Cc1cnn3c1CCC3)CCC=2. The Morgan fingerprint density at radius 1 is 1.13 bits per heavy atom. The highest BCUT2D eigenvalue weighted by Crippen LogP contribution is 2.22. The van der Waals surface area contributed by atoms with Crippen LogP contribution >= 0.6 is 0 Å². The summed E-state index contributed by atoms with van der Waals surface area (Å²) in [6, 6.07) is 11.9. The Balaban J connectivity index is 1.34. The number of rotatable bonds is 6. The van der Waals surface area contributed by atoms with Gasteiger partial charge in [0, 0.05) is 35.9 Å². The summed E-state index contributed by atoms with van der Waals surface area (Å²) in [5, 5.41) is 18.0. The van der Waals surface area contributed by atoms with E-state index in [1.165, 1.54) is 16.9 Å². The molecular weight excluding hydrogens is 606 g/mol. The van der Waals surface area contributed by atoms with Crippen molar-refractivity contribution < 1.29 is 13.2 Å². The van der Waals surface area contributed by atoms with Crippen molar-refractivity contribution in [1.29, 1.82) is 0 Å². The molecule has 0 saturated carbocycles. The molecule has 0 radical (unpaired) electrons. The fourth-order valence-electron chi connectivity index (χ4n) is 6.05. The van der Waals surface area contributed by atoms with Gasteiger partial charge < -0.3 is 5.32 Å². The van der Waals surface area contributed by atoms with Crippen LogP contribution in [0.1, 0.15) is 59.5 Å².